The Bertz CT molecular complexity index is 221. The zero-order valence-corrected chi connectivity index (χ0v) is 7.60. The van der Waals surface area contributed by atoms with Gasteiger partial charge in [0.25, 0.3) is 0 Å². The summed E-state index contributed by atoms with van der Waals surface area (Å²) in [7, 11) is -2.76. The van der Waals surface area contributed by atoms with E-state index in [-0.39, 0.29) is 12.0 Å². The van der Waals surface area contributed by atoms with Gasteiger partial charge in [-0.2, -0.15) is 0 Å². The summed E-state index contributed by atoms with van der Waals surface area (Å²) < 4.78 is 22.2. The first-order valence-electron chi connectivity index (χ1n) is 3.97. The molecule has 11 heavy (non-hydrogen) atoms. The van der Waals surface area contributed by atoms with Crippen molar-refractivity contribution in [2.24, 2.45) is 11.7 Å². The SMILES string of the molecule is CC(N)C1CCCS(=O)(=O)C1. The molecule has 2 unspecified atom stereocenters. The molecule has 0 bridgehead atoms. The fraction of sp³-hybridized carbons (Fsp3) is 1.00. The predicted octanol–water partition coefficient (Wildman–Crippen LogP) is 0.158. The molecule has 2 N–H and O–H groups in total. The van der Waals surface area contributed by atoms with Crippen molar-refractivity contribution < 1.29 is 8.42 Å². The highest BCUT2D eigenvalue weighted by Crippen LogP contribution is 2.19. The van der Waals surface area contributed by atoms with Crippen LogP contribution in [0.5, 0.6) is 0 Å². The van der Waals surface area contributed by atoms with Crippen LogP contribution in [0, 0.1) is 5.92 Å². The van der Waals surface area contributed by atoms with Gasteiger partial charge >= 0.3 is 0 Å². The normalized spacial score (nSPS) is 33.1. The molecule has 0 radical (unpaired) electrons. The largest absolute Gasteiger partial charge is 0.328 e. The standard InChI is InChI=1S/C7H15NO2S/c1-6(8)7-3-2-4-11(9,10)5-7/h6-7H,2-5,8H2,1H3. The monoisotopic (exact) mass is 177 g/mol. The number of hydrogen-bond donors (Lipinski definition) is 1. The fourth-order valence-corrected chi connectivity index (χ4v) is 3.37. The Hall–Kier alpha value is -0.0900. The van der Waals surface area contributed by atoms with E-state index in [2.05, 4.69) is 0 Å². The highest BCUT2D eigenvalue weighted by molar-refractivity contribution is 7.91. The van der Waals surface area contributed by atoms with Crippen molar-refractivity contribution in [2.75, 3.05) is 11.5 Å². The third-order valence-electron chi connectivity index (χ3n) is 2.24. The van der Waals surface area contributed by atoms with Gasteiger partial charge < -0.3 is 5.73 Å². The third-order valence-corrected chi connectivity index (χ3v) is 4.09. The fourth-order valence-electron chi connectivity index (χ4n) is 1.47. The highest BCUT2D eigenvalue weighted by atomic mass is 32.2. The second-order valence-electron chi connectivity index (χ2n) is 3.38. The number of nitrogens with two attached hydrogens (primary N) is 1. The molecule has 3 nitrogen and oxygen atoms in total. The smallest absolute Gasteiger partial charge is 0.150 e. The molecule has 1 heterocycles. The molecule has 1 saturated heterocycles. The Labute approximate surface area is 67.9 Å². The van der Waals surface area contributed by atoms with Crippen LogP contribution in [0.4, 0.5) is 0 Å². The molecule has 0 aliphatic carbocycles. The van der Waals surface area contributed by atoms with E-state index in [9.17, 15) is 8.42 Å². The van der Waals surface area contributed by atoms with E-state index >= 15 is 0 Å². The van der Waals surface area contributed by atoms with Crippen molar-refractivity contribution in [1.82, 2.24) is 0 Å². The van der Waals surface area contributed by atoms with Gasteiger partial charge in [-0.1, -0.05) is 0 Å². The van der Waals surface area contributed by atoms with E-state index in [1.54, 1.807) is 0 Å². The van der Waals surface area contributed by atoms with Crippen molar-refractivity contribution in [2.45, 2.75) is 25.8 Å². The van der Waals surface area contributed by atoms with Crippen LogP contribution in [0.25, 0.3) is 0 Å². The maximum Gasteiger partial charge on any atom is 0.150 e. The van der Waals surface area contributed by atoms with Gasteiger partial charge in [0.05, 0.1) is 11.5 Å². The molecular weight excluding hydrogens is 162 g/mol. The van der Waals surface area contributed by atoms with Crippen LogP contribution >= 0.6 is 0 Å². The second kappa shape index (κ2) is 3.11. The summed E-state index contributed by atoms with van der Waals surface area (Å²) in [5.41, 5.74) is 5.62. The number of hydrogen-bond acceptors (Lipinski definition) is 3. The topological polar surface area (TPSA) is 60.2 Å². The van der Waals surface area contributed by atoms with Crippen molar-refractivity contribution in [3.8, 4) is 0 Å². The first kappa shape index (κ1) is 9.00. The molecule has 1 fully saturated rings. The second-order valence-corrected chi connectivity index (χ2v) is 5.60. The summed E-state index contributed by atoms with van der Waals surface area (Å²) in [4.78, 5) is 0. The first-order valence-corrected chi connectivity index (χ1v) is 5.79. The number of rotatable bonds is 1. The molecule has 1 aliphatic heterocycles. The van der Waals surface area contributed by atoms with Crippen molar-refractivity contribution >= 4 is 9.84 Å². The van der Waals surface area contributed by atoms with Crippen LogP contribution in [0.1, 0.15) is 19.8 Å². The van der Waals surface area contributed by atoms with E-state index in [4.69, 9.17) is 5.73 Å². The molecule has 0 amide bonds. The minimum Gasteiger partial charge on any atom is -0.328 e. The van der Waals surface area contributed by atoms with E-state index in [1.165, 1.54) is 0 Å². The molecule has 2 atom stereocenters. The number of sulfone groups is 1. The van der Waals surface area contributed by atoms with Crippen molar-refractivity contribution in [3.05, 3.63) is 0 Å². The zero-order valence-electron chi connectivity index (χ0n) is 6.79. The molecule has 66 valence electrons. The highest BCUT2D eigenvalue weighted by Gasteiger charge is 2.26. The molecule has 1 rings (SSSR count). The summed E-state index contributed by atoms with van der Waals surface area (Å²) in [6, 6.07) is 0.0186. The van der Waals surface area contributed by atoms with E-state index < -0.39 is 9.84 Å². The quantitative estimate of drug-likeness (QED) is 0.620. The minimum absolute atomic E-state index is 0.0186. The van der Waals surface area contributed by atoms with Gasteiger partial charge in [-0.3, -0.25) is 0 Å². The summed E-state index contributed by atoms with van der Waals surface area (Å²) in [5.74, 6) is 0.842. The predicted molar refractivity (Wildman–Crippen MR) is 45.0 cm³/mol. The maximum atomic E-state index is 11.1. The van der Waals surface area contributed by atoms with Gasteiger partial charge in [0.1, 0.15) is 0 Å². The van der Waals surface area contributed by atoms with Gasteiger partial charge in [0.2, 0.25) is 0 Å². The molecule has 0 aromatic rings. The summed E-state index contributed by atoms with van der Waals surface area (Å²) in [5, 5.41) is 0. The van der Waals surface area contributed by atoms with E-state index in [0.29, 0.717) is 11.5 Å². The summed E-state index contributed by atoms with van der Waals surface area (Å²) >= 11 is 0. The maximum absolute atomic E-state index is 11.1. The van der Waals surface area contributed by atoms with Crippen molar-refractivity contribution in [1.29, 1.82) is 0 Å². The van der Waals surface area contributed by atoms with Crippen LogP contribution in [0.3, 0.4) is 0 Å². The Balaban J connectivity index is 2.61. The van der Waals surface area contributed by atoms with Gasteiger partial charge in [0, 0.05) is 6.04 Å². The van der Waals surface area contributed by atoms with E-state index in [0.717, 1.165) is 12.8 Å². The lowest BCUT2D eigenvalue weighted by Gasteiger charge is -2.24. The van der Waals surface area contributed by atoms with Gasteiger partial charge in [-0.25, -0.2) is 8.42 Å². The van der Waals surface area contributed by atoms with Crippen LogP contribution in [0.15, 0.2) is 0 Å². The van der Waals surface area contributed by atoms with Crippen LogP contribution in [-0.4, -0.2) is 26.0 Å². The molecular formula is C7H15NO2S. The van der Waals surface area contributed by atoms with Crippen LogP contribution < -0.4 is 5.73 Å². The van der Waals surface area contributed by atoms with Gasteiger partial charge in [-0.15, -0.1) is 0 Å². The lowest BCUT2D eigenvalue weighted by Crippen LogP contribution is -2.36. The summed E-state index contributed by atoms with van der Waals surface area (Å²) in [6.45, 7) is 1.88. The lowest BCUT2D eigenvalue weighted by molar-refractivity contribution is 0.426. The summed E-state index contributed by atoms with van der Waals surface area (Å²) in [6.07, 6.45) is 1.76. The zero-order chi connectivity index (χ0) is 8.48. The molecule has 0 aromatic heterocycles. The lowest BCUT2D eigenvalue weighted by atomic mass is 9.99. The molecule has 0 spiro atoms. The molecule has 4 heteroatoms. The Morgan fingerprint density at radius 3 is 2.55 bits per heavy atom. The Morgan fingerprint density at radius 1 is 1.55 bits per heavy atom. The van der Waals surface area contributed by atoms with Crippen LogP contribution in [0.2, 0.25) is 0 Å². The molecule has 0 aromatic carbocycles. The molecule has 0 saturated carbocycles. The van der Waals surface area contributed by atoms with Gasteiger partial charge in [-0.05, 0) is 25.7 Å². The third kappa shape index (κ3) is 2.45. The first-order chi connectivity index (χ1) is 5.01. The average molecular weight is 177 g/mol. The van der Waals surface area contributed by atoms with Crippen molar-refractivity contribution in [3.63, 3.8) is 0 Å². The van der Waals surface area contributed by atoms with Gasteiger partial charge in [0.15, 0.2) is 9.84 Å². The Kier molecular flexibility index (Phi) is 2.54. The average Bonchev–Trinajstić information content (AvgIpc) is 1.85. The molecule has 1 aliphatic rings. The van der Waals surface area contributed by atoms with Crippen LogP contribution in [-0.2, 0) is 9.84 Å². The van der Waals surface area contributed by atoms with E-state index in [1.807, 2.05) is 6.92 Å². The Morgan fingerprint density at radius 2 is 2.18 bits per heavy atom. The minimum atomic E-state index is -2.76.